The Morgan fingerprint density at radius 3 is 2.69 bits per heavy atom. The zero-order valence-electron chi connectivity index (χ0n) is 11.1. The van der Waals surface area contributed by atoms with Crippen LogP contribution in [0.1, 0.15) is 39.5 Å². The fourth-order valence-electron chi connectivity index (χ4n) is 2.97. The molecule has 1 aliphatic heterocycles. The molecule has 0 aromatic heterocycles. The number of nitrogens with one attached hydrogen (secondary N) is 1. The highest BCUT2D eigenvalue weighted by atomic mass is 15.1. The van der Waals surface area contributed by atoms with Gasteiger partial charge in [0.2, 0.25) is 0 Å². The third-order valence-electron chi connectivity index (χ3n) is 4.30. The highest BCUT2D eigenvalue weighted by Crippen LogP contribution is 2.27. The van der Waals surface area contributed by atoms with Gasteiger partial charge >= 0.3 is 0 Å². The van der Waals surface area contributed by atoms with Crippen LogP contribution in [0.2, 0.25) is 0 Å². The molecule has 0 amide bonds. The van der Waals surface area contributed by atoms with Crippen LogP contribution in [0, 0.1) is 5.92 Å². The van der Waals surface area contributed by atoms with Gasteiger partial charge in [-0.15, -0.1) is 0 Å². The first-order valence-corrected chi connectivity index (χ1v) is 6.75. The minimum Gasteiger partial charge on any atom is -0.309 e. The maximum atomic E-state index is 3.33. The highest BCUT2D eigenvalue weighted by molar-refractivity contribution is 5.22. The molecule has 2 rings (SSSR count). The Morgan fingerprint density at radius 1 is 1.38 bits per heavy atom. The van der Waals surface area contributed by atoms with Gasteiger partial charge < -0.3 is 5.32 Å². The van der Waals surface area contributed by atoms with Gasteiger partial charge in [-0.05, 0) is 38.3 Å². The fraction of sp³-hybridized carbons (Fsp3) is 0.857. The summed E-state index contributed by atoms with van der Waals surface area (Å²) in [6.45, 7) is 8.13. The van der Waals surface area contributed by atoms with Crippen molar-refractivity contribution in [2.24, 2.45) is 5.92 Å². The summed E-state index contributed by atoms with van der Waals surface area (Å²) < 4.78 is 0. The predicted molar refractivity (Wildman–Crippen MR) is 69.6 cm³/mol. The maximum Gasteiger partial charge on any atom is 0.0193 e. The Kier molecular flexibility index (Phi) is 4.04. The van der Waals surface area contributed by atoms with Crippen LogP contribution in [0.5, 0.6) is 0 Å². The van der Waals surface area contributed by atoms with E-state index in [1.165, 1.54) is 32.2 Å². The first-order valence-electron chi connectivity index (χ1n) is 6.75. The van der Waals surface area contributed by atoms with Gasteiger partial charge in [0.05, 0.1) is 0 Å². The second-order valence-corrected chi connectivity index (χ2v) is 5.83. The summed E-state index contributed by atoms with van der Waals surface area (Å²) in [6.07, 6.45) is 5.67. The van der Waals surface area contributed by atoms with Gasteiger partial charge in [-0.1, -0.05) is 25.3 Å². The molecule has 1 N–H and O–H groups in total. The monoisotopic (exact) mass is 222 g/mol. The summed E-state index contributed by atoms with van der Waals surface area (Å²) in [5.74, 6) is 0.930. The van der Waals surface area contributed by atoms with Gasteiger partial charge in [0.25, 0.3) is 0 Å². The zero-order valence-corrected chi connectivity index (χ0v) is 11.1. The van der Waals surface area contributed by atoms with E-state index in [0.29, 0.717) is 0 Å². The van der Waals surface area contributed by atoms with Crippen LogP contribution in [-0.4, -0.2) is 37.6 Å². The molecule has 2 atom stereocenters. The Balaban J connectivity index is 1.84. The third-order valence-corrected chi connectivity index (χ3v) is 4.30. The van der Waals surface area contributed by atoms with Crippen LogP contribution < -0.4 is 5.32 Å². The van der Waals surface area contributed by atoms with Gasteiger partial charge in [-0.25, -0.2) is 0 Å². The van der Waals surface area contributed by atoms with Crippen molar-refractivity contribution in [2.45, 2.75) is 45.6 Å². The summed E-state index contributed by atoms with van der Waals surface area (Å²) in [6, 6.07) is 0.826. The number of hydrogen-bond donors (Lipinski definition) is 1. The van der Waals surface area contributed by atoms with Crippen molar-refractivity contribution in [3.63, 3.8) is 0 Å². The van der Waals surface area contributed by atoms with Crippen molar-refractivity contribution in [1.82, 2.24) is 10.2 Å². The average molecular weight is 222 g/mol. The number of likely N-dealkylation sites (N-methyl/N-ethyl adjacent to an activating group) is 1. The smallest absolute Gasteiger partial charge is 0.0193 e. The van der Waals surface area contributed by atoms with Gasteiger partial charge in [0, 0.05) is 25.7 Å². The van der Waals surface area contributed by atoms with E-state index in [9.17, 15) is 0 Å². The normalized spacial score (nSPS) is 30.4. The first kappa shape index (κ1) is 12.1. The second kappa shape index (κ2) is 5.33. The van der Waals surface area contributed by atoms with Crippen molar-refractivity contribution in [3.8, 4) is 0 Å². The third kappa shape index (κ3) is 2.86. The average Bonchev–Trinajstić information content (AvgIpc) is 2.14. The lowest BCUT2D eigenvalue weighted by molar-refractivity contribution is 0.174. The lowest BCUT2D eigenvalue weighted by Crippen LogP contribution is -2.39. The van der Waals surface area contributed by atoms with Crippen molar-refractivity contribution < 1.29 is 0 Å². The van der Waals surface area contributed by atoms with Crippen LogP contribution in [-0.2, 0) is 0 Å². The van der Waals surface area contributed by atoms with E-state index in [1.807, 2.05) is 0 Å². The molecule has 2 fully saturated rings. The van der Waals surface area contributed by atoms with E-state index in [2.05, 4.69) is 31.1 Å². The van der Waals surface area contributed by atoms with Gasteiger partial charge in [-0.3, -0.25) is 4.90 Å². The Hall–Kier alpha value is -0.340. The van der Waals surface area contributed by atoms with Crippen LogP contribution >= 0.6 is 0 Å². The molecule has 2 heteroatoms. The Labute approximate surface area is 100 Å². The van der Waals surface area contributed by atoms with Gasteiger partial charge in [0.15, 0.2) is 0 Å². The SMILES string of the molecule is CC(CN(C)C1CCCC(C)C1)=C1CNC1. The molecule has 1 saturated carbocycles. The minimum atomic E-state index is 0.826. The Morgan fingerprint density at radius 2 is 2.12 bits per heavy atom. The molecule has 0 aromatic carbocycles. The molecule has 2 unspecified atom stereocenters. The molecule has 0 radical (unpaired) electrons. The highest BCUT2D eigenvalue weighted by Gasteiger charge is 2.23. The predicted octanol–water partition coefficient (Wildman–Crippen LogP) is 2.42. The molecular formula is C14H26N2. The van der Waals surface area contributed by atoms with E-state index < -0.39 is 0 Å². The molecule has 1 heterocycles. The van der Waals surface area contributed by atoms with Crippen LogP contribution in [0.15, 0.2) is 11.1 Å². The van der Waals surface area contributed by atoms with Crippen molar-refractivity contribution in [3.05, 3.63) is 11.1 Å². The molecule has 1 aliphatic carbocycles. The zero-order chi connectivity index (χ0) is 11.5. The maximum absolute atomic E-state index is 3.33. The second-order valence-electron chi connectivity index (χ2n) is 5.83. The number of rotatable bonds is 3. The molecule has 2 aliphatic rings. The number of nitrogens with zero attached hydrogens (tertiary/aromatic N) is 1. The molecule has 0 aromatic rings. The Bertz CT molecular complexity index is 264. The summed E-state index contributed by atoms with van der Waals surface area (Å²) in [5, 5.41) is 3.33. The van der Waals surface area contributed by atoms with Gasteiger partial charge in [0.1, 0.15) is 0 Å². The van der Waals surface area contributed by atoms with Gasteiger partial charge in [-0.2, -0.15) is 0 Å². The molecule has 0 spiro atoms. The summed E-state index contributed by atoms with van der Waals surface area (Å²) in [4.78, 5) is 2.58. The summed E-state index contributed by atoms with van der Waals surface area (Å²) >= 11 is 0. The molecule has 1 saturated heterocycles. The van der Waals surface area contributed by atoms with E-state index in [0.717, 1.165) is 25.0 Å². The van der Waals surface area contributed by atoms with E-state index in [4.69, 9.17) is 0 Å². The van der Waals surface area contributed by atoms with Crippen LogP contribution in [0.3, 0.4) is 0 Å². The largest absolute Gasteiger partial charge is 0.309 e. The standard InChI is InChI=1S/C14H26N2/c1-11-5-4-6-14(7-11)16(3)10-12(2)13-8-15-9-13/h11,14-15H,4-10H2,1-3H3. The minimum absolute atomic E-state index is 0.826. The van der Waals surface area contributed by atoms with Crippen LogP contribution in [0.25, 0.3) is 0 Å². The summed E-state index contributed by atoms with van der Waals surface area (Å²) in [5.41, 5.74) is 3.23. The lowest BCUT2D eigenvalue weighted by atomic mass is 9.86. The topological polar surface area (TPSA) is 15.3 Å². The quantitative estimate of drug-likeness (QED) is 0.738. The molecule has 16 heavy (non-hydrogen) atoms. The molecule has 2 nitrogen and oxygen atoms in total. The van der Waals surface area contributed by atoms with E-state index in [-0.39, 0.29) is 0 Å². The van der Waals surface area contributed by atoms with Crippen LogP contribution in [0.4, 0.5) is 0 Å². The van der Waals surface area contributed by atoms with Crippen molar-refractivity contribution >= 4 is 0 Å². The van der Waals surface area contributed by atoms with Crippen molar-refractivity contribution in [2.75, 3.05) is 26.7 Å². The summed E-state index contributed by atoms with van der Waals surface area (Å²) in [7, 11) is 2.30. The van der Waals surface area contributed by atoms with Crippen molar-refractivity contribution in [1.29, 1.82) is 0 Å². The molecular weight excluding hydrogens is 196 g/mol. The number of hydrogen-bond acceptors (Lipinski definition) is 2. The lowest BCUT2D eigenvalue weighted by Gasteiger charge is -2.35. The van der Waals surface area contributed by atoms with E-state index >= 15 is 0 Å². The fourth-order valence-corrected chi connectivity index (χ4v) is 2.97. The first-order chi connectivity index (χ1) is 7.66. The molecule has 92 valence electrons. The van der Waals surface area contributed by atoms with E-state index in [1.54, 1.807) is 11.1 Å². The molecule has 0 bridgehead atoms.